The summed E-state index contributed by atoms with van der Waals surface area (Å²) in [6, 6.07) is 0. The molecule has 0 spiro atoms. The standard InChI is InChI=1S/C16H29N7O5S/c1-14(2)28-10-11-29(26,27)22-8-6-20(7-9-22)16(17-3)18-4-5-21-13-15(12-19-21)23(24)25/h12-14H,4-11H2,1-3H3,(H,17,18). The van der Waals surface area contributed by atoms with E-state index in [2.05, 4.69) is 15.4 Å². The highest BCUT2D eigenvalue weighted by Crippen LogP contribution is 2.09. The van der Waals surface area contributed by atoms with Crippen LogP contribution in [-0.4, -0.2) is 96.5 Å². The molecule has 13 heteroatoms. The molecular weight excluding hydrogens is 402 g/mol. The van der Waals surface area contributed by atoms with Crippen molar-refractivity contribution in [2.45, 2.75) is 26.5 Å². The summed E-state index contributed by atoms with van der Waals surface area (Å²) in [4.78, 5) is 16.4. The zero-order chi connectivity index (χ0) is 21.4. The maximum Gasteiger partial charge on any atom is 0.306 e. The molecule has 0 atom stereocenters. The second-order valence-corrected chi connectivity index (χ2v) is 8.90. The Hall–Kier alpha value is -2.25. The number of sulfonamides is 1. The van der Waals surface area contributed by atoms with Gasteiger partial charge in [0.2, 0.25) is 10.0 Å². The molecule has 2 rings (SSSR count). The summed E-state index contributed by atoms with van der Waals surface area (Å²) in [5.41, 5.74) is -0.0505. The number of hydrogen-bond donors (Lipinski definition) is 1. The van der Waals surface area contributed by atoms with Gasteiger partial charge in [-0.3, -0.25) is 19.8 Å². The third-order valence-electron chi connectivity index (χ3n) is 4.39. The van der Waals surface area contributed by atoms with Crippen LogP contribution in [0.5, 0.6) is 0 Å². The average Bonchev–Trinajstić information content (AvgIpc) is 3.14. The van der Waals surface area contributed by atoms with E-state index in [-0.39, 0.29) is 24.2 Å². The van der Waals surface area contributed by atoms with Crippen LogP contribution in [0.2, 0.25) is 0 Å². The molecule has 1 N–H and O–H groups in total. The molecule has 0 unspecified atom stereocenters. The topological polar surface area (TPSA) is 135 Å². The molecule has 1 fully saturated rings. The Bertz CT molecular complexity index is 800. The zero-order valence-corrected chi connectivity index (χ0v) is 17.8. The van der Waals surface area contributed by atoms with Gasteiger partial charge in [0.05, 0.1) is 29.9 Å². The summed E-state index contributed by atoms with van der Waals surface area (Å²) < 4.78 is 33.2. The average molecular weight is 432 g/mol. The van der Waals surface area contributed by atoms with E-state index in [9.17, 15) is 18.5 Å². The number of aliphatic imine (C=N–C) groups is 1. The second-order valence-electron chi connectivity index (χ2n) is 6.81. The minimum atomic E-state index is -3.34. The van der Waals surface area contributed by atoms with Crippen molar-refractivity contribution in [2.24, 2.45) is 4.99 Å². The first kappa shape index (κ1) is 23.0. The van der Waals surface area contributed by atoms with E-state index in [0.29, 0.717) is 45.2 Å². The van der Waals surface area contributed by atoms with Crippen LogP contribution in [0.3, 0.4) is 0 Å². The van der Waals surface area contributed by atoms with Gasteiger partial charge in [-0.15, -0.1) is 0 Å². The van der Waals surface area contributed by atoms with Gasteiger partial charge in [-0.25, -0.2) is 8.42 Å². The van der Waals surface area contributed by atoms with Gasteiger partial charge in [0.25, 0.3) is 0 Å². The lowest BCUT2D eigenvalue weighted by Gasteiger charge is -2.35. The molecule has 1 aliphatic heterocycles. The van der Waals surface area contributed by atoms with Crippen molar-refractivity contribution < 1.29 is 18.1 Å². The molecule has 0 amide bonds. The smallest absolute Gasteiger partial charge is 0.306 e. The number of piperazine rings is 1. The Kier molecular flexibility index (Phi) is 8.34. The molecule has 1 aromatic rings. The van der Waals surface area contributed by atoms with Gasteiger partial charge in [0.1, 0.15) is 12.4 Å². The lowest BCUT2D eigenvalue weighted by Crippen LogP contribution is -2.54. The van der Waals surface area contributed by atoms with Crippen molar-refractivity contribution in [1.82, 2.24) is 24.3 Å². The predicted octanol–water partition coefficient (Wildman–Crippen LogP) is -0.261. The van der Waals surface area contributed by atoms with Crippen molar-refractivity contribution in [3.05, 3.63) is 22.5 Å². The van der Waals surface area contributed by atoms with E-state index < -0.39 is 14.9 Å². The van der Waals surface area contributed by atoms with E-state index in [1.165, 1.54) is 21.4 Å². The van der Waals surface area contributed by atoms with Crippen LogP contribution >= 0.6 is 0 Å². The fraction of sp³-hybridized carbons (Fsp3) is 0.750. The number of aromatic nitrogens is 2. The van der Waals surface area contributed by atoms with Crippen molar-refractivity contribution in [2.75, 3.05) is 52.1 Å². The number of hydrogen-bond acceptors (Lipinski definition) is 7. The van der Waals surface area contributed by atoms with Gasteiger partial charge in [-0.1, -0.05) is 0 Å². The predicted molar refractivity (Wildman–Crippen MR) is 108 cm³/mol. The molecule has 0 saturated carbocycles. The molecule has 2 heterocycles. The monoisotopic (exact) mass is 431 g/mol. The van der Waals surface area contributed by atoms with Crippen LogP contribution in [0.4, 0.5) is 5.69 Å². The number of nitro groups is 1. The lowest BCUT2D eigenvalue weighted by molar-refractivity contribution is -0.385. The third-order valence-corrected chi connectivity index (χ3v) is 6.22. The largest absolute Gasteiger partial charge is 0.378 e. The summed E-state index contributed by atoms with van der Waals surface area (Å²) in [5.74, 6) is 0.639. The molecule has 164 valence electrons. The van der Waals surface area contributed by atoms with Crippen LogP contribution in [0, 0.1) is 10.1 Å². The van der Waals surface area contributed by atoms with Gasteiger partial charge in [0.15, 0.2) is 5.96 Å². The number of nitrogens with one attached hydrogen (secondary N) is 1. The van der Waals surface area contributed by atoms with Gasteiger partial charge in [-0.2, -0.15) is 9.40 Å². The van der Waals surface area contributed by atoms with Crippen molar-refractivity contribution in [3.63, 3.8) is 0 Å². The van der Waals surface area contributed by atoms with E-state index in [0.717, 1.165) is 0 Å². The van der Waals surface area contributed by atoms with Crippen molar-refractivity contribution >= 4 is 21.7 Å². The first-order valence-corrected chi connectivity index (χ1v) is 11.1. The lowest BCUT2D eigenvalue weighted by atomic mass is 10.4. The highest BCUT2D eigenvalue weighted by Gasteiger charge is 2.28. The maximum absolute atomic E-state index is 12.4. The summed E-state index contributed by atoms with van der Waals surface area (Å²) in [6.45, 7) is 6.68. The molecule has 29 heavy (non-hydrogen) atoms. The van der Waals surface area contributed by atoms with Crippen LogP contribution in [-0.2, 0) is 21.3 Å². The maximum atomic E-state index is 12.4. The quantitative estimate of drug-likeness (QED) is 0.244. The molecule has 1 aromatic heterocycles. The Morgan fingerprint density at radius 1 is 1.38 bits per heavy atom. The fourth-order valence-corrected chi connectivity index (χ4v) is 4.16. The number of nitrogens with zero attached hydrogens (tertiary/aromatic N) is 6. The highest BCUT2D eigenvalue weighted by atomic mass is 32.2. The van der Waals surface area contributed by atoms with Gasteiger partial charge < -0.3 is 15.0 Å². The van der Waals surface area contributed by atoms with E-state index in [1.807, 2.05) is 18.7 Å². The molecule has 0 aromatic carbocycles. The second kappa shape index (κ2) is 10.5. The normalized spacial score (nSPS) is 16.4. The SMILES string of the molecule is CN=C(NCCn1cc([N+](=O)[O-])cn1)N1CCN(S(=O)(=O)CCOC(C)C)CC1. The minimum absolute atomic E-state index is 0.00400. The molecule has 0 radical (unpaired) electrons. The van der Waals surface area contributed by atoms with Crippen LogP contribution in [0.25, 0.3) is 0 Å². The zero-order valence-electron chi connectivity index (χ0n) is 17.0. The molecule has 0 aliphatic carbocycles. The molecule has 1 aliphatic rings. The number of ether oxygens (including phenoxy) is 1. The Morgan fingerprint density at radius 2 is 2.07 bits per heavy atom. The van der Waals surface area contributed by atoms with Gasteiger partial charge in [-0.05, 0) is 13.8 Å². The molecular formula is C16H29N7O5S. The Balaban J connectivity index is 1.78. The summed E-state index contributed by atoms with van der Waals surface area (Å²) in [6.07, 6.45) is 2.59. The minimum Gasteiger partial charge on any atom is -0.378 e. The van der Waals surface area contributed by atoms with Crippen molar-refractivity contribution in [1.29, 1.82) is 0 Å². The first-order chi connectivity index (χ1) is 13.7. The van der Waals surface area contributed by atoms with Crippen LogP contribution in [0.1, 0.15) is 13.8 Å². The summed E-state index contributed by atoms with van der Waals surface area (Å²) in [7, 11) is -1.68. The Labute approximate surface area is 170 Å². The summed E-state index contributed by atoms with van der Waals surface area (Å²) in [5, 5.41) is 17.8. The first-order valence-electron chi connectivity index (χ1n) is 9.45. The van der Waals surface area contributed by atoms with Gasteiger partial charge >= 0.3 is 5.69 Å². The molecule has 0 bridgehead atoms. The third kappa shape index (κ3) is 6.94. The van der Waals surface area contributed by atoms with E-state index in [1.54, 1.807) is 7.05 Å². The number of rotatable bonds is 9. The van der Waals surface area contributed by atoms with Gasteiger partial charge in [0, 0.05) is 39.8 Å². The van der Waals surface area contributed by atoms with Crippen LogP contribution in [0.15, 0.2) is 17.4 Å². The molecule has 12 nitrogen and oxygen atoms in total. The number of guanidine groups is 1. The highest BCUT2D eigenvalue weighted by molar-refractivity contribution is 7.89. The fourth-order valence-electron chi connectivity index (χ4n) is 2.88. The van der Waals surface area contributed by atoms with Crippen molar-refractivity contribution in [3.8, 4) is 0 Å². The molecule has 1 saturated heterocycles. The Morgan fingerprint density at radius 3 is 2.62 bits per heavy atom. The van der Waals surface area contributed by atoms with Crippen LogP contribution < -0.4 is 5.32 Å². The van der Waals surface area contributed by atoms with E-state index >= 15 is 0 Å². The summed E-state index contributed by atoms with van der Waals surface area (Å²) >= 11 is 0. The van der Waals surface area contributed by atoms with E-state index in [4.69, 9.17) is 4.74 Å².